The summed E-state index contributed by atoms with van der Waals surface area (Å²) in [6.45, 7) is 5.72. The van der Waals surface area contributed by atoms with Gasteiger partial charge in [-0.25, -0.2) is 9.78 Å². The molecule has 7 heteroatoms. The molecule has 1 aromatic heterocycles. The van der Waals surface area contributed by atoms with Gasteiger partial charge in [-0.2, -0.15) is 0 Å². The van der Waals surface area contributed by atoms with Gasteiger partial charge in [0.15, 0.2) is 18.1 Å². The van der Waals surface area contributed by atoms with Gasteiger partial charge in [0, 0.05) is 18.5 Å². The summed E-state index contributed by atoms with van der Waals surface area (Å²) in [5, 5.41) is 0.753. The fraction of sp³-hybridized carbons (Fsp3) is 0.367. The smallest absolute Gasteiger partial charge is 0.339 e. The van der Waals surface area contributed by atoms with E-state index in [0.717, 1.165) is 57.6 Å². The number of carbonyl (C=O) groups excluding carboxylic acids is 2. The normalized spacial score (nSPS) is 21.4. The molecule has 0 N–H and O–H groups in total. The number of piperidine rings is 1. The molecule has 2 atom stereocenters. The van der Waals surface area contributed by atoms with Gasteiger partial charge in [-0.15, -0.1) is 0 Å². The van der Waals surface area contributed by atoms with Crippen molar-refractivity contribution in [2.24, 2.45) is 11.8 Å². The van der Waals surface area contributed by atoms with E-state index in [0.29, 0.717) is 36.9 Å². The van der Waals surface area contributed by atoms with Gasteiger partial charge in [-0.1, -0.05) is 38.1 Å². The number of benzene rings is 2. The van der Waals surface area contributed by atoms with Gasteiger partial charge in [-0.05, 0) is 72.1 Å². The monoisotopic (exact) mass is 498 g/mol. The number of para-hydroxylation sites is 1. The van der Waals surface area contributed by atoms with Crippen molar-refractivity contribution in [3.63, 3.8) is 0 Å². The molecule has 0 bridgehead atoms. The van der Waals surface area contributed by atoms with Crippen LogP contribution in [0.1, 0.15) is 53.9 Å². The zero-order valence-electron chi connectivity index (χ0n) is 21.2. The lowest BCUT2D eigenvalue weighted by molar-refractivity contribution is -0.137. The Morgan fingerprint density at radius 1 is 1.05 bits per heavy atom. The summed E-state index contributed by atoms with van der Waals surface area (Å²) in [6, 6.07) is 13.5. The summed E-state index contributed by atoms with van der Waals surface area (Å²) in [6.07, 6.45) is 4.65. The standard InChI is InChI=1S/C30H30N2O5/c1-18-11-19(2)15-32(14-18)27(33)16-35-30(34)28-22-5-3-4-6-24(22)31-29-21(8-9-23(28)29)12-20-7-10-25-26(13-20)37-17-36-25/h3-7,10,12-13,18-19H,8-9,11,14-17H2,1-2H3. The highest BCUT2D eigenvalue weighted by Crippen LogP contribution is 2.39. The van der Waals surface area contributed by atoms with E-state index >= 15 is 0 Å². The summed E-state index contributed by atoms with van der Waals surface area (Å²) >= 11 is 0. The van der Waals surface area contributed by atoms with Crippen LogP contribution < -0.4 is 9.47 Å². The average Bonchev–Trinajstić information content (AvgIpc) is 3.51. The summed E-state index contributed by atoms with van der Waals surface area (Å²) in [5.41, 5.74) is 4.99. The molecule has 1 aliphatic carbocycles. The number of nitrogens with zero attached hydrogens (tertiary/aromatic N) is 2. The maximum absolute atomic E-state index is 13.5. The van der Waals surface area contributed by atoms with Crippen LogP contribution >= 0.6 is 0 Å². The molecule has 190 valence electrons. The van der Waals surface area contributed by atoms with Crippen molar-refractivity contribution < 1.29 is 23.8 Å². The molecule has 3 heterocycles. The average molecular weight is 499 g/mol. The number of allylic oxidation sites excluding steroid dienone is 1. The predicted molar refractivity (Wildman–Crippen MR) is 140 cm³/mol. The highest BCUT2D eigenvalue weighted by atomic mass is 16.7. The number of carbonyl (C=O) groups is 2. The minimum Gasteiger partial charge on any atom is -0.454 e. The number of ether oxygens (including phenoxy) is 3. The van der Waals surface area contributed by atoms with Gasteiger partial charge >= 0.3 is 5.97 Å². The second-order valence-electron chi connectivity index (χ2n) is 10.4. The van der Waals surface area contributed by atoms with Crippen molar-refractivity contribution in [3.05, 3.63) is 64.8 Å². The van der Waals surface area contributed by atoms with Gasteiger partial charge in [0.1, 0.15) is 0 Å². The highest BCUT2D eigenvalue weighted by Gasteiger charge is 2.30. The lowest BCUT2D eigenvalue weighted by Gasteiger charge is -2.34. The quantitative estimate of drug-likeness (QED) is 0.465. The van der Waals surface area contributed by atoms with Crippen molar-refractivity contribution >= 4 is 34.4 Å². The molecule has 6 rings (SSSR count). The minimum absolute atomic E-state index is 0.134. The van der Waals surface area contributed by atoms with E-state index in [2.05, 4.69) is 19.9 Å². The van der Waals surface area contributed by atoms with E-state index in [4.69, 9.17) is 19.2 Å². The minimum atomic E-state index is -0.467. The van der Waals surface area contributed by atoms with Crippen molar-refractivity contribution in [1.29, 1.82) is 0 Å². The molecule has 3 aromatic rings. The molecular weight excluding hydrogens is 468 g/mol. The largest absolute Gasteiger partial charge is 0.454 e. The fourth-order valence-electron chi connectivity index (χ4n) is 5.87. The molecule has 2 aliphatic heterocycles. The number of esters is 1. The van der Waals surface area contributed by atoms with Crippen LogP contribution in [-0.4, -0.2) is 48.2 Å². The number of fused-ring (bicyclic) bond motifs is 3. The zero-order valence-corrected chi connectivity index (χ0v) is 21.2. The maximum Gasteiger partial charge on any atom is 0.339 e. The lowest BCUT2D eigenvalue weighted by Crippen LogP contribution is -2.44. The number of hydrogen-bond acceptors (Lipinski definition) is 6. The van der Waals surface area contributed by atoms with Crippen LogP contribution in [0.15, 0.2) is 42.5 Å². The van der Waals surface area contributed by atoms with Crippen LogP contribution in [0, 0.1) is 11.8 Å². The maximum atomic E-state index is 13.5. The topological polar surface area (TPSA) is 78.0 Å². The number of aromatic nitrogens is 1. The predicted octanol–water partition coefficient (Wildman–Crippen LogP) is 5.11. The third kappa shape index (κ3) is 4.54. The molecule has 2 unspecified atom stereocenters. The van der Waals surface area contributed by atoms with Gasteiger partial charge in [0.25, 0.3) is 5.91 Å². The molecule has 37 heavy (non-hydrogen) atoms. The third-order valence-electron chi connectivity index (χ3n) is 7.43. The number of pyridine rings is 1. The van der Waals surface area contributed by atoms with E-state index in [-0.39, 0.29) is 19.3 Å². The van der Waals surface area contributed by atoms with Crippen molar-refractivity contribution in [1.82, 2.24) is 9.88 Å². The first-order chi connectivity index (χ1) is 18.0. The summed E-state index contributed by atoms with van der Waals surface area (Å²) in [4.78, 5) is 33.1. The van der Waals surface area contributed by atoms with E-state index in [1.54, 1.807) is 0 Å². The molecule has 1 amide bonds. The van der Waals surface area contributed by atoms with E-state index in [1.807, 2.05) is 47.4 Å². The van der Waals surface area contributed by atoms with E-state index in [9.17, 15) is 9.59 Å². The van der Waals surface area contributed by atoms with Gasteiger partial charge in [-0.3, -0.25) is 4.79 Å². The van der Waals surface area contributed by atoms with Gasteiger partial charge in [0.2, 0.25) is 6.79 Å². The highest BCUT2D eigenvalue weighted by molar-refractivity contribution is 6.07. The Hall–Kier alpha value is -3.87. The number of likely N-dealkylation sites (tertiary alicyclic amines) is 1. The molecule has 1 fully saturated rings. The Kier molecular flexibility index (Phi) is 6.07. The van der Waals surface area contributed by atoms with Gasteiger partial charge in [0.05, 0.1) is 16.8 Å². The van der Waals surface area contributed by atoms with Crippen LogP contribution in [0.3, 0.4) is 0 Å². The van der Waals surface area contributed by atoms with Crippen LogP contribution in [0.5, 0.6) is 11.5 Å². The summed E-state index contributed by atoms with van der Waals surface area (Å²) in [5.74, 6) is 1.77. The molecule has 3 aliphatic rings. The molecule has 2 aromatic carbocycles. The molecule has 0 spiro atoms. The number of amides is 1. The van der Waals surface area contributed by atoms with Crippen LogP contribution in [-0.2, 0) is 16.0 Å². The second kappa shape index (κ2) is 9.54. The van der Waals surface area contributed by atoms with E-state index in [1.165, 1.54) is 0 Å². The van der Waals surface area contributed by atoms with Gasteiger partial charge < -0.3 is 19.1 Å². The van der Waals surface area contributed by atoms with Crippen LogP contribution in [0.25, 0.3) is 22.6 Å². The second-order valence-corrected chi connectivity index (χ2v) is 10.4. The molecule has 1 saturated heterocycles. The van der Waals surface area contributed by atoms with Crippen molar-refractivity contribution in [3.8, 4) is 11.5 Å². The van der Waals surface area contributed by atoms with Crippen molar-refractivity contribution in [2.75, 3.05) is 26.5 Å². The first kappa shape index (κ1) is 23.5. The van der Waals surface area contributed by atoms with Crippen molar-refractivity contribution in [2.45, 2.75) is 33.1 Å². The lowest BCUT2D eigenvalue weighted by atomic mass is 9.92. The molecule has 0 radical (unpaired) electrons. The SMILES string of the molecule is CC1CC(C)CN(C(=O)COC(=O)c2c3c(nc4ccccc24)C(=Cc2ccc4c(c2)OCO4)CC3)C1. The summed E-state index contributed by atoms with van der Waals surface area (Å²) in [7, 11) is 0. The summed E-state index contributed by atoms with van der Waals surface area (Å²) < 4.78 is 16.6. The number of hydrogen-bond donors (Lipinski definition) is 0. The Balaban J connectivity index is 1.29. The Morgan fingerprint density at radius 3 is 2.68 bits per heavy atom. The zero-order chi connectivity index (χ0) is 25.5. The first-order valence-electron chi connectivity index (χ1n) is 12.9. The van der Waals surface area contributed by atoms with Crippen LogP contribution in [0.2, 0.25) is 0 Å². The van der Waals surface area contributed by atoms with E-state index < -0.39 is 5.97 Å². The molecule has 0 saturated carbocycles. The molecule has 7 nitrogen and oxygen atoms in total. The Morgan fingerprint density at radius 2 is 1.84 bits per heavy atom. The Labute approximate surface area is 216 Å². The first-order valence-corrected chi connectivity index (χ1v) is 12.9. The van der Waals surface area contributed by atoms with Crippen LogP contribution in [0.4, 0.5) is 0 Å². The fourth-order valence-corrected chi connectivity index (χ4v) is 5.87. The number of rotatable bonds is 4. The Bertz CT molecular complexity index is 1420. The molecular formula is C30H30N2O5. The third-order valence-corrected chi connectivity index (χ3v) is 7.43.